The number of rotatable bonds is 5. The minimum Gasteiger partial charge on any atom is -0.393 e. The van der Waals surface area contributed by atoms with Crippen molar-refractivity contribution in [1.82, 2.24) is 9.78 Å². The van der Waals surface area contributed by atoms with Crippen molar-refractivity contribution in [2.75, 3.05) is 0 Å². The molecule has 0 aliphatic heterocycles. The predicted molar refractivity (Wildman–Crippen MR) is 62.4 cm³/mol. The molecule has 14 heavy (non-hydrogen) atoms. The number of nitrogens with zero attached hydrogens (tertiary/aromatic N) is 2. The van der Waals surface area contributed by atoms with Gasteiger partial charge in [0.15, 0.2) is 0 Å². The van der Waals surface area contributed by atoms with Gasteiger partial charge in [-0.05, 0) is 18.9 Å². The van der Waals surface area contributed by atoms with Crippen molar-refractivity contribution in [3.05, 3.63) is 17.5 Å². The lowest BCUT2D eigenvalue weighted by Crippen LogP contribution is -2.14. The predicted octanol–water partition coefficient (Wildman–Crippen LogP) is 1.68. The van der Waals surface area contributed by atoms with Gasteiger partial charge < -0.3 is 5.73 Å². The van der Waals surface area contributed by atoms with E-state index < -0.39 is 0 Å². The van der Waals surface area contributed by atoms with Crippen LogP contribution in [0.15, 0.2) is 6.07 Å². The molecule has 1 heterocycles. The summed E-state index contributed by atoms with van der Waals surface area (Å²) in [7, 11) is 0. The molecule has 0 saturated carbocycles. The molecule has 78 valence electrons. The SMILES string of the molecule is CCc1cc(CC)n(CCC(N)=S)n1. The molecule has 0 spiro atoms. The van der Waals surface area contributed by atoms with E-state index in [1.54, 1.807) is 0 Å². The van der Waals surface area contributed by atoms with Gasteiger partial charge in [-0.2, -0.15) is 5.10 Å². The van der Waals surface area contributed by atoms with Crippen LogP contribution in [0.4, 0.5) is 0 Å². The van der Waals surface area contributed by atoms with Crippen LogP contribution in [0.1, 0.15) is 31.7 Å². The maximum absolute atomic E-state index is 5.46. The van der Waals surface area contributed by atoms with Crippen molar-refractivity contribution in [3.8, 4) is 0 Å². The van der Waals surface area contributed by atoms with Crippen molar-refractivity contribution < 1.29 is 0 Å². The molecule has 0 atom stereocenters. The molecule has 0 aliphatic rings. The largest absolute Gasteiger partial charge is 0.393 e. The maximum atomic E-state index is 5.46. The molecule has 2 N–H and O–H groups in total. The monoisotopic (exact) mass is 211 g/mol. The van der Waals surface area contributed by atoms with Crippen LogP contribution in [0.25, 0.3) is 0 Å². The highest BCUT2D eigenvalue weighted by atomic mass is 32.1. The molecule has 0 saturated heterocycles. The fourth-order valence-electron chi connectivity index (χ4n) is 1.38. The summed E-state index contributed by atoms with van der Waals surface area (Å²) < 4.78 is 2.01. The molecule has 0 amide bonds. The molecule has 3 nitrogen and oxygen atoms in total. The normalized spacial score (nSPS) is 10.4. The van der Waals surface area contributed by atoms with Crippen LogP contribution >= 0.6 is 12.2 Å². The summed E-state index contributed by atoms with van der Waals surface area (Å²) in [4.78, 5) is 0.556. The standard InChI is InChI=1S/C10H17N3S/c1-3-8-7-9(4-2)13(12-8)6-5-10(11)14/h7H,3-6H2,1-2H3,(H2,11,14). The van der Waals surface area contributed by atoms with Crippen LogP contribution in [0.3, 0.4) is 0 Å². The molecule has 0 unspecified atom stereocenters. The van der Waals surface area contributed by atoms with Crippen molar-refractivity contribution in [3.63, 3.8) is 0 Å². The highest BCUT2D eigenvalue weighted by Crippen LogP contribution is 2.06. The van der Waals surface area contributed by atoms with Gasteiger partial charge >= 0.3 is 0 Å². The number of thiocarbonyl (C=S) groups is 1. The Labute approximate surface area is 90.3 Å². The molecule has 0 aliphatic carbocycles. The first kappa shape index (κ1) is 11.2. The summed E-state index contributed by atoms with van der Waals surface area (Å²) in [6.07, 6.45) is 2.71. The first-order chi connectivity index (χ1) is 6.67. The molecule has 0 bridgehead atoms. The number of aromatic nitrogens is 2. The van der Waals surface area contributed by atoms with Crippen LogP contribution in [0, 0.1) is 0 Å². The maximum Gasteiger partial charge on any atom is 0.0745 e. The third-order valence-corrected chi connectivity index (χ3v) is 2.41. The minimum absolute atomic E-state index is 0.556. The number of hydrogen-bond acceptors (Lipinski definition) is 2. The number of nitrogens with two attached hydrogens (primary N) is 1. The summed E-state index contributed by atoms with van der Waals surface area (Å²) in [5, 5.41) is 4.47. The van der Waals surface area contributed by atoms with Gasteiger partial charge in [-0.3, -0.25) is 4.68 Å². The van der Waals surface area contributed by atoms with Crippen LogP contribution in [-0.2, 0) is 19.4 Å². The Balaban J connectivity index is 2.73. The van der Waals surface area contributed by atoms with E-state index in [0.717, 1.165) is 31.5 Å². The lowest BCUT2D eigenvalue weighted by Gasteiger charge is -2.04. The zero-order valence-electron chi connectivity index (χ0n) is 8.79. The lowest BCUT2D eigenvalue weighted by molar-refractivity contribution is 0.598. The van der Waals surface area contributed by atoms with Crippen molar-refractivity contribution in [2.24, 2.45) is 5.73 Å². The quantitative estimate of drug-likeness (QED) is 0.754. The molecule has 1 rings (SSSR count). The Morgan fingerprint density at radius 3 is 2.71 bits per heavy atom. The summed E-state index contributed by atoms with van der Waals surface area (Å²) in [6, 6.07) is 2.15. The Hall–Kier alpha value is -0.900. The molecule has 0 radical (unpaired) electrons. The Morgan fingerprint density at radius 2 is 2.21 bits per heavy atom. The smallest absolute Gasteiger partial charge is 0.0745 e. The van der Waals surface area contributed by atoms with Gasteiger partial charge in [0.25, 0.3) is 0 Å². The first-order valence-electron chi connectivity index (χ1n) is 5.01. The average Bonchev–Trinajstić information content (AvgIpc) is 2.57. The molecule has 0 aromatic carbocycles. The Bertz CT molecular complexity index is 317. The molecule has 4 heteroatoms. The van der Waals surface area contributed by atoms with Gasteiger partial charge in [0.2, 0.25) is 0 Å². The molecular formula is C10H17N3S. The number of hydrogen-bond donors (Lipinski definition) is 1. The fraction of sp³-hybridized carbons (Fsp3) is 0.600. The van der Waals surface area contributed by atoms with Gasteiger partial charge in [0, 0.05) is 18.7 Å². The lowest BCUT2D eigenvalue weighted by atomic mass is 10.2. The fourth-order valence-corrected chi connectivity index (χ4v) is 1.47. The molecule has 1 aromatic rings. The second-order valence-corrected chi connectivity index (χ2v) is 3.80. The van der Waals surface area contributed by atoms with Crippen molar-refractivity contribution in [1.29, 1.82) is 0 Å². The zero-order chi connectivity index (χ0) is 10.6. The topological polar surface area (TPSA) is 43.8 Å². The summed E-state index contributed by atoms with van der Waals surface area (Å²) in [5.74, 6) is 0. The van der Waals surface area contributed by atoms with Crippen LogP contribution in [0.5, 0.6) is 0 Å². The van der Waals surface area contributed by atoms with Crippen LogP contribution in [-0.4, -0.2) is 14.8 Å². The van der Waals surface area contributed by atoms with E-state index in [1.165, 1.54) is 5.69 Å². The Kier molecular flexibility index (Phi) is 4.07. The second-order valence-electron chi connectivity index (χ2n) is 3.27. The van der Waals surface area contributed by atoms with Gasteiger partial charge in [0.1, 0.15) is 0 Å². The first-order valence-corrected chi connectivity index (χ1v) is 5.42. The van der Waals surface area contributed by atoms with E-state index in [4.69, 9.17) is 18.0 Å². The summed E-state index contributed by atoms with van der Waals surface area (Å²) >= 11 is 4.85. The van der Waals surface area contributed by atoms with Crippen LogP contribution in [0.2, 0.25) is 0 Å². The van der Waals surface area contributed by atoms with Crippen molar-refractivity contribution >= 4 is 17.2 Å². The van der Waals surface area contributed by atoms with E-state index in [-0.39, 0.29) is 0 Å². The van der Waals surface area contributed by atoms with Gasteiger partial charge in [-0.1, -0.05) is 26.1 Å². The zero-order valence-corrected chi connectivity index (χ0v) is 9.60. The summed E-state index contributed by atoms with van der Waals surface area (Å²) in [6.45, 7) is 5.05. The average molecular weight is 211 g/mol. The van der Waals surface area contributed by atoms with E-state index in [2.05, 4.69) is 25.0 Å². The highest BCUT2D eigenvalue weighted by molar-refractivity contribution is 7.80. The van der Waals surface area contributed by atoms with Gasteiger partial charge in [0.05, 0.1) is 10.7 Å². The van der Waals surface area contributed by atoms with Gasteiger partial charge in [-0.15, -0.1) is 0 Å². The third kappa shape index (κ3) is 2.80. The molecule has 0 fully saturated rings. The van der Waals surface area contributed by atoms with E-state index >= 15 is 0 Å². The Morgan fingerprint density at radius 1 is 1.50 bits per heavy atom. The second kappa shape index (κ2) is 5.10. The highest BCUT2D eigenvalue weighted by Gasteiger charge is 2.04. The van der Waals surface area contributed by atoms with E-state index in [0.29, 0.717) is 4.99 Å². The van der Waals surface area contributed by atoms with Crippen LogP contribution < -0.4 is 5.73 Å². The number of aryl methyl sites for hydroxylation is 3. The molecular weight excluding hydrogens is 194 g/mol. The molecule has 1 aromatic heterocycles. The van der Waals surface area contributed by atoms with Crippen molar-refractivity contribution in [2.45, 2.75) is 39.7 Å². The van der Waals surface area contributed by atoms with Gasteiger partial charge in [-0.25, -0.2) is 0 Å². The third-order valence-electron chi connectivity index (χ3n) is 2.21. The van der Waals surface area contributed by atoms with E-state index in [1.807, 2.05) is 4.68 Å². The minimum atomic E-state index is 0.556. The summed E-state index contributed by atoms with van der Waals surface area (Å²) in [5.41, 5.74) is 7.87. The van der Waals surface area contributed by atoms with E-state index in [9.17, 15) is 0 Å².